The van der Waals surface area contributed by atoms with Crippen LogP contribution >= 0.6 is 0 Å². The molecule has 1 N–H and O–H groups in total. The van der Waals surface area contributed by atoms with Gasteiger partial charge in [0.05, 0.1) is 0 Å². The first-order valence-corrected chi connectivity index (χ1v) is 7.20. The number of carbonyl (C=O) groups is 1. The topological polar surface area (TPSA) is 59.3 Å². The fourth-order valence-electron chi connectivity index (χ4n) is 2.17. The van der Waals surface area contributed by atoms with Crippen molar-refractivity contribution in [2.75, 3.05) is 5.32 Å². The van der Waals surface area contributed by atoms with Crippen LogP contribution in [-0.2, 0) is 4.79 Å². The fraction of sp³-hybridized carbons (Fsp3) is 0.0526. The second kappa shape index (κ2) is 6.32. The van der Waals surface area contributed by atoms with Crippen molar-refractivity contribution in [3.63, 3.8) is 0 Å². The third-order valence-corrected chi connectivity index (χ3v) is 3.40. The molecule has 0 aliphatic carbocycles. The SMILES string of the molecule is Cc1ccc(C=CC(=O)Nc2cc3ccccc3oc2=O)cc1. The van der Waals surface area contributed by atoms with Crippen molar-refractivity contribution in [1.29, 1.82) is 0 Å². The number of hydrogen-bond acceptors (Lipinski definition) is 3. The van der Waals surface area contributed by atoms with Crippen LogP contribution in [0.5, 0.6) is 0 Å². The van der Waals surface area contributed by atoms with E-state index >= 15 is 0 Å². The summed E-state index contributed by atoms with van der Waals surface area (Å²) in [6, 6.07) is 16.5. The molecule has 2 aromatic carbocycles. The summed E-state index contributed by atoms with van der Waals surface area (Å²) in [5.74, 6) is -0.381. The summed E-state index contributed by atoms with van der Waals surface area (Å²) in [4.78, 5) is 23.8. The van der Waals surface area contributed by atoms with Gasteiger partial charge in [-0.2, -0.15) is 0 Å². The molecule has 0 saturated heterocycles. The zero-order chi connectivity index (χ0) is 16.2. The van der Waals surface area contributed by atoms with E-state index in [9.17, 15) is 9.59 Å². The van der Waals surface area contributed by atoms with Gasteiger partial charge in [0.15, 0.2) is 0 Å². The average Bonchev–Trinajstić information content (AvgIpc) is 2.55. The van der Waals surface area contributed by atoms with E-state index < -0.39 is 5.63 Å². The second-order valence-corrected chi connectivity index (χ2v) is 5.22. The van der Waals surface area contributed by atoms with E-state index in [1.54, 1.807) is 24.3 Å². The summed E-state index contributed by atoms with van der Waals surface area (Å²) in [7, 11) is 0. The van der Waals surface area contributed by atoms with E-state index in [1.165, 1.54) is 6.08 Å². The molecule has 3 aromatic rings. The van der Waals surface area contributed by atoms with Crippen molar-refractivity contribution in [1.82, 2.24) is 0 Å². The monoisotopic (exact) mass is 305 g/mol. The van der Waals surface area contributed by atoms with E-state index in [1.807, 2.05) is 43.3 Å². The molecule has 0 aliphatic heterocycles. The van der Waals surface area contributed by atoms with E-state index in [-0.39, 0.29) is 11.6 Å². The van der Waals surface area contributed by atoms with Crippen molar-refractivity contribution in [2.24, 2.45) is 0 Å². The lowest BCUT2D eigenvalue weighted by Crippen LogP contribution is -2.15. The summed E-state index contributed by atoms with van der Waals surface area (Å²) in [5.41, 5.74) is 2.12. The third kappa shape index (κ3) is 3.55. The van der Waals surface area contributed by atoms with Crippen molar-refractivity contribution < 1.29 is 9.21 Å². The van der Waals surface area contributed by atoms with Crippen LogP contribution in [0.25, 0.3) is 17.0 Å². The summed E-state index contributed by atoms with van der Waals surface area (Å²) in [5, 5.41) is 3.31. The lowest BCUT2D eigenvalue weighted by atomic mass is 10.1. The molecule has 0 unspecified atom stereocenters. The minimum absolute atomic E-state index is 0.127. The number of para-hydroxylation sites is 1. The minimum Gasteiger partial charge on any atom is -0.421 e. The van der Waals surface area contributed by atoms with E-state index in [4.69, 9.17) is 4.42 Å². The van der Waals surface area contributed by atoms with Crippen LogP contribution in [-0.4, -0.2) is 5.91 Å². The summed E-state index contributed by atoms with van der Waals surface area (Å²) in [6.07, 6.45) is 3.08. The molecule has 0 saturated carbocycles. The number of aryl methyl sites for hydroxylation is 1. The number of fused-ring (bicyclic) bond motifs is 1. The molecule has 0 spiro atoms. The van der Waals surface area contributed by atoms with E-state index in [0.717, 1.165) is 16.5 Å². The summed E-state index contributed by atoms with van der Waals surface area (Å²) >= 11 is 0. The minimum atomic E-state index is -0.569. The Morgan fingerprint density at radius 2 is 1.83 bits per heavy atom. The van der Waals surface area contributed by atoms with Gasteiger partial charge in [0.1, 0.15) is 11.3 Å². The number of hydrogen-bond donors (Lipinski definition) is 1. The molecule has 0 bridgehead atoms. The summed E-state index contributed by atoms with van der Waals surface area (Å²) < 4.78 is 5.18. The molecule has 1 amide bonds. The fourth-order valence-corrected chi connectivity index (χ4v) is 2.17. The first-order chi connectivity index (χ1) is 11.1. The zero-order valence-corrected chi connectivity index (χ0v) is 12.6. The summed E-state index contributed by atoms with van der Waals surface area (Å²) in [6.45, 7) is 2.00. The highest BCUT2D eigenvalue weighted by Gasteiger charge is 2.06. The first-order valence-electron chi connectivity index (χ1n) is 7.20. The second-order valence-electron chi connectivity index (χ2n) is 5.22. The lowest BCUT2D eigenvalue weighted by molar-refractivity contribution is -0.111. The maximum Gasteiger partial charge on any atom is 0.360 e. The molecule has 1 heterocycles. The molecule has 114 valence electrons. The van der Waals surface area contributed by atoms with Gasteiger partial charge in [0.25, 0.3) is 0 Å². The predicted octanol–water partition coefficient (Wildman–Crippen LogP) is 3.75. The van der Waals surface area contributed by atoms with Crippen molar-refractivity contribution >= 4 is 28.6 Å². The predicted molar refractivity (Wildman–Crippen MR) is 91.3 cm³/mol. The van der Waals surface area contributed by atoms with E-state index in [0.29, 0.717) is 5.58 Å². The molecule has 0 aliphatic rings. The van der Waals surface area contributed by atoms with Gasteiger partial charge in [-0.05, 0) is 30.7 Å². The smallest absolute Gasteiger partial charge is 0.360 e. The Morgan fingerprint density at radius 3 is 2.61 bits per heavy atom. The first kappa shape index (κ1) is 14.8. The molecule has 1 aromatic heterocycles. The quantitative estimate of drug-likeness (QED) is 0.592. The molecule has 23 heavy (non-hydrogen) atoms. The lowest BCUT2D eigenvalue weighted by Gasteiger charge is -2.02. The average molecular weight is 305 g/mol. The Kier molecular flexibility index (Phi) is 4.06. The van der Waals surface area contributed by atoms with Gasteiger partial charge in [-0.3, -0.25) is 4.79 Å². The van der Waals surface area contributed by atoms with Crippen LogP contribution in [0.15, 0.2) is 69.9 Å². The van der Waals surface area contributed by atoms with Crippen molar-refractivity contribution in [2.45, 2.75) is 6.92 Å². The Bertz CT molecular complexity index is 937. The van der Waals surface area contributed by atoms with Crippen molar-refractivity contribution in [3.05, 3.63) is 82.2 Å². The van der Waals surface area contributed by atoms with E-state index in [2.05, 4.69) is 5.32 Å². The van der Waals surface area contributed by atoms with Crippen LogP contribution < -0.4 is 10.9 Å². The van der Waals surface area contributed by atoms with Crippen LogP contribution in [0.2, 0.25) is 0 Å². The Balaban J connectivity index is 1.78. The van der Waals surface area contributed by atoms with Gasteiger partial charge >= 0.3 is 5.63 Å². The molecular formula is C19H15NO3. The van der Waals surface area contributed by atoms with Gasteiger partial charge in [-0.15, -0.1) is 0 Å². The normalized spacial score (nSPS) is 11.0. The number of amides is 1. The Hall–Kier alpha value is -3.14. The van der Waals surface area contributed by atoms with Crippen LogP contribution in [0.4, 0.5) is 5.69 Å². The molecular weight excluding hydrogens is 290 g/mol. The standard InChI is InChI=1S/C19H15NO3/c1-13-6-8-14(9-7-13)10-11-18(21)20-16-12-15-4-2-3-5-17(15)23-19(16)22/h2-12H,1H3,(H,20,21). The molecule has 4 nitrogen and oxygen atoms in total. The van der Waals surface area contributed by atoms with Gasteiger partial charge in [-0.25, -0.2) is 4.79 Å². The number of anilines is 1. The molecule has 3 rings (SSSR count). The largest absolute Gasteiger partial charge is 0.421 e. The van der Waals surface area contributed by atoms with Gasteiger partial charge < -0.3 is 9.73 Å². The maximum atomic E-state index is 12.0. The Morgan fingerprint density at radius 1 is 1.09 bits per heavy atom. The zero-order valence-electron chi connectivity index (χ0n) is 12.6. The number of carbonyl (C=O) groups excluding carboxylic acids is 1. The van der Waals surface area contributed by atoms with Crippen LogP contribution in [0, 0.1) is 6.92 Å². The van der Waals surface area contributed by atoms with Gasteiger partial charge in [0.2, 0.25) is 5.91 Å². The number of rotatable bonds is 3. The molecule has 4 heteroatoms. The van der Waals surface area contributed by atoms with Crippen molar-refractivity contribution in [3.8, 4) is 0 Å². The van der Waals surface area contributed by atoms with Crippen LogP contribution in [0.1, 0.15) is 11.1 Å². The number of nitrogens with one attached hydrogen (secondary N) is 1. The molecule has 0 fully saturated rings. The highest BCUT2D eigenvalue weighted by molar-refractivity contribution is 6.02. The molecule has 0 radical (unpaired) electrons. The maximum absolute atomic E-state index is 12.0. The van der Waals surface area contributed by atoms with Gasteiger partial charge in [0, 0.05) is 11.5 Å². The third-order valence-electron chi connectivity index (χ3n) is 3.40. The highest BCUT2D eigenvalue weighted by Crippen LogP contribution is 2.15. The molecule has 0 atom stereocenters. The number of benzene rings is 2. The Labute approximate surface area is 133 Å². The van der Waals surface area contributed by atoms with Gasteiger partial charge in [-0.1, -0.05) is 48.0 Å². The van der Waals surface area contributed by atoms with Crippen LogP contribution in [0.3, 0.4) is 0 Å². The highest BCUT2D eigenvalue weighted by atomic mass is 16.4.